The Bertz CT molecular complexity index is 3100. The van der Waals surface area contributed by atoms with Crippen LogP contribution < -0.4 is 0 Å². The molecule has 0 radical (unpaired) electrons. The topological polar surface area (TPSA) is 158 Å². The lowest BCUT2D eigenvalue weighted by Gasteiger charge is -2.34. The summed E-state index contributed by atoms with van der Waals surface area (Å²) in [5.41, 5.74) is -0.128. The van der Waals surface area contributed by atoms with Crippen LogP contribution in [0.4, 0.5) is 26.3 Å². The molecule has 2 atom stereocenters. The van der Waals surface area contributed by atoms with Gasteiger partial charge in [-0.25, -0.2) is 9.97 Å². The average Bonchev–Trinajstić information content (AvgIpc) is 3.88. The van der Waals surface area contributed by atoms with Gasteiger partial charge in [-0.3, -0.25) is 9.59 Å². The van der Waals surface area contributed by atoms with E-state index in [1.165, 1.54) is 105 Å². The van der Waals surface area contributed by atoms with Crippen molar-refractivity contribution in [2.75, 3.05) is 0 Å². The molecule has 2 heterocycles. The normalized spacial score (nSPS) is 13.6. The number of phenols is 2. The molecular formula is C52H46F6N2O7. The number of carbonyl (C=O) groups excluding carboxylic acids is 2. The molecule has 0 amide bonds. The van der Waals surface area contributed by atoms with Crippen molar-refractivity contribution < 1.29 is 60.5 Å². The summed E-state index contributed by atoms with van der Waals surface area (Å²) in [6.45, 7) is 8.97. The third-order valence-corrected chi connectivity index (χ3v) is 12.1. The standard InChI is InChI=1S/C27H25F3O4.C25H19F3N2O2.H2O/c1-4-17-13-21(9-11-23(17)32)26(3,27(28,29)30)22-10-12-24(33)20(14-22)15-25(34)19-7-5-18(6-8-19)16(2)31;1-14-4-6-16(7-5-14)23-30-20-13-18(9-11-22(20)32-23)24(3,25(26,27)28)17-8-10-21-19(12-17)29-15(2)31-21;/h5-14,32-33H,4,15H2,1-3H3;4-13H,1-3H3;1H2. The molecule has 0 saturated carbocycles. The van der Waals surface area contributed by atoms with Gasteiger partial charge in [0.05, 0.1) is 0 Å². The Kier molecular flexibility index (Phi) is 13.6. The lowest BCUT2D eigenvalue weighted by Crippen LogP contribution is -2.40. The van der Waals surface area contributed by atoms with Crippen LogP contribution in [0.2, 0.25) is 0 Å². The van der Waals surface area contributed by atoms with Crippen LogP contribution in [0.15, 0.2) is 130 Å². The van der Waals surface area contributed by atoms with Crippen molar-refractivity contribution in [3.63, 3.8) is 0 Å². The second kappa shape index (κ2) is 18.6. The van der Waals surface area contributed by atoms with Gasteiger partial charge in [0.1, 0.15) is 33.4 Å². The predicted octanol–water partition coefficient (Wildman–Crippen LogP) is 12.5. The Balaban J connectivity index is 0.000000218. The minimum atomic E-state index is -4.70. The number of alkyl halides is 6. The molecule has 2 aromatic heterocycles. The van der Waals surface area contributed by atoms with E-state index in [0.717, 1.165) is 24.1 Å². The summed E-state index contributed by atoms with van der Waals surface area (Å²) in [4.78, 5) is 32.8. The first-order valence-corrected chi connectivity index (χ1v) is 20.8. The molecule has 8 rings (SSSR count). The van der Waals surface area contributed by atoms with Gasteiger partial charge in [-0.1, -0.05) is 85.3 Å². The molecule has 67 heavy (non-hydrogen) atoms. The maximum absolute atomic E-state index is 14.5. The second-order valence-electron chi connectivity index (χ2n) is 16.5. The first kappa shape index (κ1) is 49.2. The van der Waals surface area contributed by atoms with E-state index < -0.39 is 29.0 Å². The zero-order chi connectivity index (χ0) is 47.9. The van der Waals surface area contributed by atoms with Crippen molar-refractivity contribution in [3.8, 4) is 23.0 Å². The van der Waals surface area contributed by atoms with E-state index in [9.17, 15) is 46.1 Å². The highest BCUT2D eigenvalue weighted by Gasteiger charge is 2.55. The molecule has 0 aliphatic rings. The SMILES string of the molecule is CCc1cc(C(C)(c2ccc(O)c(CC(=O)c3ccc(C(C)=O)cc3)c2)C(F)(F)F)ccc1O.Cc1ccc(-c2nc3cc(C(C)(c4ccc5oc(C)nc5c4)C(F)(F)F)ccc3o2)cc1.O. The van der Waals surface area contributed by atoms with E-state index in [-0.39, 0.29) is 62.6 Å². The maximum Gasteiger partial charge on any atom is 0.402 e. The number of aromatic hydroxyl groups is 2. The molecule has 6 aromatic carbocycles. The highest BCUT2D eigenvalue weighted by molar-refractivity contribution is 6.00. The van der Waals surface area contributed by atoms with Crippen LogP contribution >= 0.6 is 0 Å². The van der Waals surface area contributed by atoms with Crippen molar-refractivity contribution >= 4 is 33.8 Å². The van der Waals surface area contributed by atoms with E-state index in [1.807, 2.05) is 31.2 Å². The Morgan fingerprint density at radius 3 is 1.54 bits per heavy atom. The number of nitrogens with zero attached hydrogens (tertiary/aromatic N) is 2. The van der Waals surface area contributed by atoms with Gasteiger partial charge in [0.25, 0.3) is 0 Å². The van der Waals surface area contributed by atoms with Crippen molar-refractivity contribution in [1.82, 2.24) is 9.97 Å². The quantitative estimate of drug-likeness (QED) is 0.101. The van der Waals surface area contributed by atoms with Crippen LogP contribution in [-0.2, 0) is 23.7 Å². The molecular weight excluding hydrogens is 879 g/mol. The Hall–Kier alpha value is -7.26. The van der Waals surface area contributed by atoms with Crippen LogP contribution in [0.3, 0.4) is 0 Å². The number of rotatable bonds is 10. The maximum atomic E-state index is 14.5. The zero-order valence-electron chi connectivity index (χ0n) is 37.2. The minimum absolute atomic E-state index is 0. The number of halogens is 6. The number of Topliss-reactive ketones (excluding diaryl/α,β-unsaturated/α-hetero) is 2. The Morgan fingerprint density at radius 2 is 1.03 bits per heavy atom. The highest BCUT2D eigenvalue weighted by atomic mass is 19.4. The van der Waals surface area contributed by atoms with Crippen LogP contribution in [0.5, 0.6) is 11.5 Å². The molecule has 8 aromatic rings. The van der Waals surface area contributed by atoms with Gasteiger partial charge in [-0.05, 0) is 110 Å². The number of phenolic OH excluding ortho intramolecular Hbond substituents is 2. The van der Waals surface area contributed by atoms with Gasteiger partial charge < -0.3 is 24.5 Å². The molecule has 0 spiro atoms. The number of hydrogen-bond donors (Lipinski definition) is 2. The van der Waals surface area contributed by atoms with E-state index in [1.54, 1.807) is 13.8 Å². The monoisotopic (exact) mass is 924 g/mol. The number of aryl methyl sites for hydroxylation is 3. The average molecular weight is 925 g/mol. The number of carbonyl (C=O) groups is 2. The summed E-state index contributed by atoms with van der Waals surface area (Å²) in [5.74, 6) is -0.167. The fourth-order valence-electron chi connectivity index (χ4n) is 7.78. The third-order valence-electron chi connectivity index (χ3n) is 12.1. The van der Waals surface area contributed by atoms with Crippen LogP contribution in [0.25, 0.3) is 33.7 Å². The van der Waals surface area contributed by atoms with Crippen molar-refractivity contribution in [3.05, 3.63) is 177 Å². The summed E-state index contributed by atoms with van der Waals surface area (Å²) in [5, 5.41) is 20.2. The summed E-state index contributed by atoms with van der Waals surface area (Å²) in [7, 11) is 0. The Labute approximate surface area is 381 Å². The fourth-order valence-corrected chi connectivity index (χ4v) is 7.78. The lowest BCUT2D eigenvalue weighted by molar-refractivity contribution is -0.173. The third kappa shape index (κ3) is 9.55. The predicted molar refractivity (Wildman–Crippen MR) is 242 cm³/mol. The van der Waals surface area contributed by atoms with Gasteiger partial charge in [0, 0.05) is 35.6 Å². The van der Waals surface area contributed by atoms with Crippen molar-refractivity contribution in [2.24, 2.45) is 0 Å². The summed E-state index contributed by atoms with van der Waals surface area (Å²) in [6.07, 6.45) is -9.22. The molecule has 0 bridgehead atoms. The largest absolute Gasteiger partial charge is 0.508 e. The first-order valence-electron chi connectivity index (χ1n) is 20.8. The van der Waals surface area contributed by atoms with Crippen molar-refractivity contribution in [2.45, 2.75) is 77.6 Å². The highest BCUT2D eigenvalue weighted by Crippen LogP contribution is 2.49. The number of ketones is 2. The Morgan fingerprint density at radius 1 is 0.582 bits per heavy atom. The number of benzene rings is 6. The van der Waals surface area contributed by atoms with Gasteiger partial charge in [0.15, 0.2) is 28.6 Å². The van der Waals surface area contributed by atoms with Crippen LogP contribution in [0.1, 0.15) is 93.2 Å². The van der Waals surface area contributed by atoms with Gasteiger partial charge in [-0.2, -0.15) is 26.3 Å². The first-order chi connectivity index (χ1) is 31.0. The van der Waals surface area contributed by atoms with Crippen LogP contribution in [0, 0.1) is 13.8 Å². The summed E-state index contributed by atoms with van der Waals surface area (Å²) in [6, 6.07) is 29.7. The number of hydrogen-bond acceptors (Lipinski definition) is 8. The van der Waals surface area contributed by atoms with Gasteiger partial charge in [0.2, 0.25) is 5.89 Å². The minimum Gasteiger partial charge on any atom is -0.508 e. The fraction of sp³-hybridized carbons (Fsp3) is 0.231. The number of fused-ring (bicyclic) bond motifs is 2. The molecule has 0 saturated heterocycles. The van der Waals surface area contributed by atoms with E-state index >= 15 is 0 Å². The molecule has 0 aliphatic heterocycles. The van der Waals surface area contributed by atoms with Gasteiger partial charge in [-0.15, -0.1) is 0 Å². The number of oxazole rings is 2. The van der Waals surface area contributed by atoms with E-state index in [4.69, 9.17) is 8.83 Å². The molecule has 9 nitrogen and oxygen atoms in total. The van der Waals surface area contributed by atoms with E-state index in [0.29, 0.717) is 51.5 Å². The number of aromatic nitrogens is 2. The zero-order valence-corrected chi connectivity index (χ0v) is 37.2. The van der Waals surface area contributed by atoms with E-state index in [2.05, 4.69) is 9.97 Å². The summed E-state index contributed by atoms with van der Waals surface area (Å²) >= 11 is 0. The second-order valence-corrected chi connectivity index (χ2v) is 16.5. The molecule has 0 fully saturated rings. The van der Waals surface area contributed by atoms with Crippen LogP contribution in [-0.4, -0.2) is 49.6 Å². The smallest absolute Gasteiger partial charge is 0.402 e. The summed E-state index contributed by atoms with van der Waals surface area (Å²) < 4.78 is 98.1. The van der Waals surface area contributed by atoms with Gasteiger partial charge >= 0.3 is 12.4 Å². The molecule has 348 valence electrons. The molecule has 2 unspecified atom stereocenters. The molecule has 15 heteroatoms. The van der Waals surface area contributed by atoms with Crippen molar-refractivity contribution in [1.29, 1.82) is 0 Å². The molecule has 0 aliphatic carbocycles. The lowest BCUT2D eigenvalue weighted by atomic mass is 9.74. The molecule has 4 N–H and O–H groups in total.